The maximum Gasteiger partial charge on any atom is 0.271 e. The first-order chi connectivity index (χ1) is 17.8. The molecular weight excluding hydrogens is 486 g/mol. The highest BCUT2D eigenvalue weighted by Gasteiger charge is 2.23. The Morgan fingerprint density at radius 1 is 0.811 bits per heavy atom. The average molecular weight is 512 g/mol. The summed E-state index contributed by atoms with van der Waals surface area (Å²) in [7, 11) is 0. The van der Waals surface area contributed by atoms with Crippen LogP contribution >= 0.6 is 11.8 Å². The Kier molecular flexibility index (Phi) is 8.00. The number of rotatable bonds is 8. The number of carbonyl (C=O) groups excluding carboxylic acids is 2. The third kappa shape index (κ3) is 6.42. The second-order valence-corrected chi connectivity index (χ2v) is 9.63. The molecule has 8 heteroatoms. The molecule has 1 atom stereocenters. The average Bonchev–Trinajstić information content (AvgIpc) is 2.90. The molecule has 1 unspecified atom stereocenters. The topological polar surface area (TPSA) is 101 Å². The number of nitro benzene ring substituents is 1. The molecule has 0 saturated heterocycles. The Morgan fingerprint density at radius 2 is 1.49 bits per heavy atom. The molecule has 0 fully saturated rings. The van der Waals surface area contributed by atoms with Crippen molar-refractivity contribution in [3.8, 4) is 0 Å². The summed E-state index contributed by atoms with van der Waals surface area (Å²) in [6, 6.07) is 28.4. The molecule has 0 saturated carbocycles. The number of aryl methyl sites for hydroxylation is 2. The Bertz CT molecular complexity index is 1440. The Morgan fingerprint density at radius 3 is 2.16 bits per heavy atom. The van der Waals surface area contributed by atoms with Gasteiger partial charge in [-0.05, 0) is 60.9 Å². The summed E-state index contributed by atoms with van der Waals surface area (Å²) in [6.07, 6.45) is 0. The van der Waals surface area contributed by atoms with Crippen molar-refractivity contribution in [1.82, 2.24) is 0 Å². The van der Waals surface area contributed by atoms with Crippen LogP contribution in [0.1, 0.15) is 32.3 Å². The van der Waals surface area contributed by atoms with Gasteiger partial charge in [0.05, 0.1) is 10.6 Å². The van der Waals surface area contributed by atoms with E-state index in [0.29, 0.717) is 16.9 Å². The number of thioether (sulfide) groups is 1. The van der Waals surface area contributed by atoms with Crippen molar-refractivity contribution in [2.45, 2.75) is 24.0 Å². The lowest BCUT2D eigenvalue weighted by molar-refractivity contribution is -0.384. The molecular formula is C29H25N3O4S. The summed E-state index contributed by atoms with van der Waals surface area (Å²) in [6.45, 7) is 3.67. The highest BCUT2D eigenvalue weighted by atomic mass is 32.2. The number of hydrogen-bond donors (Lipinski definition) is 2. The summed E-state index contributed by atoms with van der Waals surface area (Å²) in [5, 5.41) is 16.4. The number of benzene rings is 4. The second-order valence-electron chi connectivity index (χ2n) is 8.45. The van der Waals surface area contributed by atoms with Crippen LogP contribution in [-0.4, -0.2) is 16.7 Å². The predicted octanol–water partition coefficient (Wildman–Crippen LogP) is 6.94. The van der Waals surface area contributed by atoms with E-state index in [0.717, 1.165) is 21.6 Å². The van der Waals surface area contributed by atoms with Crippen molar-refractivity contribution >= 4 is 40.6 Å². The summed E-state index contributed by atoms with van der Waals surface area (Å²) in [5.74, 6) is -0.482. The second kappa shape index (κ2) is 11.5. The number of nitro groups is 1. The van der Waals surface area contributed by atoms with Gasteiger partial charge >= 0.3 is 0 Å². The molecule has 7 nitrogen and oxygen atoms in total. The number of non-ortho nitro benzene ring substituents is 1. The van der Waals surface area contributed by atoms with E-state index in [1.165, 1.54) is 23.9 Å². The number of hydrogen-bond acceptors (Lipinski definition) is 5. The molecule has 0 bridgehead atoms. The minimum Gasteiger partial charge on any atom is -0.324 e. The first kappa shape index (κ1) is 25.7. The van der Waals surface area contributed by atoms with E-state index in [1.807, 2.05) is 67.6 Å². The van der Waals surface area contributed by atoms with Crippen LogP contribution in [0.5, 0.6) is 0 Å². The molecule has 0 aliphatic carbocycles. The van der Waals surface area contributed by atoms with Gasteiger partial charge in [-0.15, -0.1) is 11.8 Å². The van der Waals surface area contributed by atoms with E-state index in [9.17, 15) is 19.7 Å². The Balaban J connectivity index is 1.52. The van der Waals surface area contributed by atoms with Gasteiger partial charge in [-0.1, -0.05) is 54.6 Å². The zero-order valence-corrected chi connectivity index (χ0v) is 21.1. The quantitative estimate of drug-likeness (QED) is 0.152. The van der Waals surface area contributed by atoms with Crippen molar-refractivity contribution in [2.24, 2.45) is 0 Å². The monoisotopic (exact) mass is 511 g/mol. The number of nitrogens with zero attached hydrogens (tertiary/aromatic N) is 1. The van der Waals surface area contributed by atoms with Crippen LogP contribution in [0.25, 0.3) is 0 Å². The van der Waals surface area contributed by atoms with Crippen LogP contribution < -0.4 is 10.6 Å². The Hall–Kier alpha value is -4.43. The zero-order chi connectivity index (χ0) is 26.4. The minimum absolute atomic E-state index is 0.0897. The molecule has 0 aromatic heterocycles. The van der Waals surface area contributed by atoms with Crippen LogP contribution in [0.3, 0.4) is 0 Å². The van der Waals surface area contributed by atoms with E-state index in [2.05, 4.69) is 10.6 Å². The molecule has 0 heterocycles. The maximum atomic E-state index is 13.4. The summed E-state index contributed by atoms with van der Waals surface area (Å²) >= 11 is 1.35. The van der Waals surface area contributed by atoms with Gasteiger partial charge in [0.2, 0.25) is 5.91 Å². The van der Waals surface area contributed by atoms with Crippen molar-refractivity contribution < 1.29 is 14.5 Å². The van der Waals surface area contributed by atoms with E-state index in [4.69, 9.17) is 0 Å². The van der Waals surface area contributed by atoms with Gasteiger partial charge in [0, 0.05) is 28.3 Å². The van der Waals surface area contributed by atoms with E-state index >= 15 is 0 Å². The van der Waals surface area contributed by atoms with Crippen LogP contribution in [-0.2, 0) is 4.79 Å². The molecule has 2 N–H and O–H groups in total. The molecule has 4 aromatic carbocycles. The number of anilines is 2. The van der Waals surface area contributed by atoms with Crippen LogP contribution in [0.15, 0.2) is 102 Å². The van der Waals surface area contributed by atoms with Crippen molar-refractivity contribution in [1.29, 1.82) is 0 Å². The summed E-state index contributed by atoms with van der Waals surface area (Å²) in [5.41, 5.74) is 3.98. The van der Waals surface area contributed by atoms with Crippen molar-refractivity contribution in [2.75, 3.05) is 10.6 Å². The van der Waals surface area contributed by atoms with Gasteiger partial charge in [0.25, 0.3) is 11.6 Å². The Labute approximate surface area is 219 Å². The molecule has 37 heavy (non-hydrogen) atoms. The fraction of sp³-hybridized carbons (Fsp3) is 0.103. The van der Waals surface area contributed by atoms with E-state index < -0.39 is 10.2 Å². The van der Waals surface area contributed by atoms with Crippen LogP contribution in [0.4, 0.5) is 17.1 Å². The fourth-order valence-electron chi connectivity index (χ4n) is 3.74. The van der Waals surface area contributed by atoms with Gasteiger partial charge in [-0.3, -0.25) is 19.7 Å². The normalized spacial score (nSPS) is 11.4. The number of amides is 2. The highest BCUT2D eigenvalue weighted by molar-refractivity contribution is 8.00. The lowest BCUT2D eigenvalue weighted by Gasteiger charge is -2.18. The molecule has 2 amide bonds. The number of carbonyl (C=O) groups is 2. The van der Waals surface area contributed by atoms with Gasteiger partial charge < -0.3 is 10.6 Å². The molecule has 4 aromatic rings. The highest BCUT2D eigenvalue weighted by Crippen LogP contribution is 2.37. The van der Waals surface area contributed by atoms with Crippen molar-refractivity contribution in [3.63, 3.8) is 0 Å². The van der Waals surface area contributed by atoms with Crippen LogP contribution in [0.2, 0.25) is 0 Å². The summed E-state index contributed by atoms with van der Waals surface area (Å²) in [4.78, 5) is 37.6. The number of nitrogens with one attached hydrogen (secondary N) is 2. The summed E-state index contributed by atoms with van der Waals surface area (Å²) < 4.78 is 0. The van der Waals surface area contributed by atoms with Gasteiger partial charge in [-0.2, -0.15) is 0 Å². The molecule has 186 valence electrons. The van der Waals surface area contributed by atoms with E-state index in [1.54, 1.807) is 31.2 Å². The third-order valence-electron chi connectivity index (χ3n) is 5.79. The van der Waals surface area contributed by atoms with Gasteiger partial charge in [0.1, 0.15) is 5.25 Å². The molecule has 0 radical (unpaired) electrons. The first-order valence-electron chi connectivity index (χ1n) is 11.6. The maximum absolute atomic E-state index is 13.4. The minimum atomic E-state index is -0.604. The molecule has 0 aliphatic heterocycles. The molecule has 0 spiro atoms. The largest absolute Gasteiger partial charge is 0.324 e. The lowest BCUT2D eigenvalue weighted by atomic mass is 10.1. The lowest BCUT2D eigenvalue weighted by Crippen LogP contribution is -2.19. The van der Waals surface area contributed by atoms with Crippen LogP contribution in [0, 0.1) is 24.0 Å². The first-order valence-corrected chi connectivity index (χ1v) is 12.4. The standard InChI is InChI=1S/C29H25N3O4S/c1-19-8-6-7-11-25(19)28(33)30-22-13-16-24(17-14-22)37-27(21-9-4-3-5-10-21)29(34)31-26-18-23(32(35)36)15-12-20(26)2/h3-18,27H,1-2H3,(H,30,33)(H,31,34). The van der Waals surface area contributed by atoms with Crippen molar-refractivity contribution in [3.05, 3.63) is 129 Å². The van der Waals surface area contributed by atoms with Gasteiger partial charge in [-0.25, -0.2) is 0 Å². The molecule has 4 rings (SSSR count). The zero-order valence-electron chi connectivity index (χ0n) is 20.3. The molecule has 0 aliphatic rings. The SMILES string of the molecule is Cc1ccc([N+](=O)[O-])cc1NC(=O)C(Sc1ccc(NC(=O)c2ccccc2C)cc1)c1ccccc1. The van der Waals surface area contributed by atoms with E-state index in [-0.39, 0.29) is 17.5 Å². The smallest absolute Gasteiger partial charge is 0.271 e. The fourth-order valence-corrected chi connectivity index (χ4v) is 4.76. The predicted molar refractivity (Wildman–Crippen MR) is 147 cm³/mol. The van der Waals surface area contributed by atoms with Gasteiger partial charge in [0.15, 0.2) is 0 Å². The third-order valence-corrected chi connectivity index (χ3v) is 7.05.